The van der Waals surface area contributed by atoms with Crippen molar-refractivity contribution in [1.29, 1.82) is 5.26 Å². The Morgan fingerprint density at radius 1 is 1.08 bits per heavy atom. The van der Waals surface area contributed by atoms with E-state index in [0.717, 1.165) is 43.4 Å². The minimum Gasteiger partial charge on any atom is -0.360 e. The fourth-order valence-corrected chi connectivity index (χ4v) is 3.91. The summed E-state index contributed by atoms with van der Waals surface area (Å²) in [4.78, 5) is 4.78. The molecule has 0 bridgehead atoms. The van der Waals surface area contributed by atoms with Gasteiger partial charge in [-0.15, -0.1) is 0 Å². The number of benzene rings is 1. The Bertz CT molecular complexity index is 578. The van der Waals surface area contributed by atoms with Crippen LogP contribution in [0.5, 0.6) is 0 Å². The molecule has 4 nitrogen and oxygen atoms in total. The molecule has 2 aliphatic rings. The first-order valence-corrected chi connectivity index (χ1v) is 9.42. The summed E-state index contributed by atoms with van der Waals surface area (Å²) >= 11 is 5.62. The van der Waals surface area contributed by atoms with Crippen molar-refractivity contribution < 1.29 is 0 Å². The van der Waals surface area contributed by atoms with Crippen molar-refractivity contribution in [2.45, 2.75) is 44.7 Å². The molecule has 0 amide bonds. The van der Waals surface area contributed by atoms with E-state index in [2.05, 4.69) is 33.3 Å². The zero-order valence-corrected chi connectivity index (χ0v) is 15.0. The highest BCUT2D eigenvalue weighted by Crippen LogP contribution is 2.18. The smallest absolute Gasteiger partial charge is 0.169 e. The fourth-order valence-electron chi connectivity index (χ4n) is 3.56. The van der Waals surface area contributed by atoms with Crippen LogP contribution in [0.15, 0.2) is 24.3 Å². The summed E-state index contributed by atoms with van der Waals surface area (Å²) < 4.78 is 0. The molecule has 1 aliphatic carbocycles. The second-order valence-electron chi connectivity index (χ2n) is 6.86. The molecule has 0 unspecified atom stereocenters. The summed E-state index contributed by atoms with van der Waals surface area (Å²) in [6.07, 6.45) is 6.56. The van der Waals surface area contributed by atoms with Gasteiger partial charge in [0.2, 0.25) is 0 Å². The quantitative estimate of drug-likeness (QED) is 0.856. The number of piperazine rings is 1. The average Bonchev–Trinajstić information content (AvgIpc) is 2.64. The topological polar surface area (TPSA) is 42.3 Å². The summed E-state index contributed by atoms with van der Waals surface area (Å²) in [5.41, 5.74) is 1.99. The first kappa shape index (κ1) is 17.2. The average molecular weight is 343 g/mol. The lowest BCUT2D eigenvalue weighted by molar-refractivity contribution is 0.173. The SMILES string of the molecule is N#Cc1ccc(CN2CCN(C(=S)NC3CCCCC3)CC2)cc1. The second kappa shape index (κ2) is 8.46. The molecule has 0 radical (unpaired) electrons. The van der Waals surface area contributed by atoms with E-state index in [0.29, 0.717) is 6.04 Å². The van der Waals surface area contributed by atoms with Crippen LogP contribution in [0.4, 0.5) is 0 Å². The van der Waals surface area contributed by atoms with Gasteiger partial charge in [0.15, 0.2) is 5.11 Å². The van der Waals surface area contributed by atoms with Gasteiger partial charge < -0.3 is 10.2 Å². The van der Waals surface area contributed by atoms with Crippen molar-refractivity contribution in [3.63, 3.8) is 0 Å². The van der Waals surface area contributed by atoms with Gasteiger partial charge in [0.1, 0.15) is 0 Å². The molecular weight excluding hydrogens is 316 g/mol. The third-order valence-electron chi connectivity index (χ3n) is 5.08. The maximum atomic E-state index is 8.86. The highest BCUT2D eigenvalue weighted by molar-refractivity contribution is 7.80. The normalized spacial score (nSPS) is 19.7. The van der Waals surface area contributed by atoms with Crippen LogP contribution in [-0.4, -0.2) is 47.1 Å². The van der Waals surface area contributed by atoms with Crippen molar-refractivity contribution in [2.75, 3.05) is 26.2 Å². The molecule has 1 aromatic rings. The molecule has 5 heteroatoms. The van der Waals surface area contributed by atoms with Crippen LogP contribution < -0.4 is 5.32 Å². The molecule has 0 atom stereocenters. The van der Waals surface area contributed by atoms with Gasteiger partial charge in [-0.2, -0.15) is 5.26 Å². The first-order chi connectivity index (χ1) is 11.7. The van der Waals surface area contributed by atoms with Gasteiger partial charge in [0, 0.05) is 38.8 Å². The third kappa shape index (κ3) is 4.68. The van der Waals surface area contributed by atoms with Crippen LogP contribution in [0.3, 0.4) is 0 Å². The van der Waals surface area contributed by atoms with Crippen molar-refractivity contribution >= 4 is 17.3 Å². The van der Waals surface area contributed by atoms with Gasteiger partial charge in [-0.3, -0.25) is 4.90 Å². The van der Waals surface area contributed by atoms with Gasteiger partial charge >= 0.3 is 0 Å². The number of hydrogen-bond acceptors (Lipinski definition) is 3. The van der Waals surface area contributed by atoms with E-state index in [1.54, 1.807) is 0 Å². The van der Waals surface area contributed by atoms with Crippen LogP contribution in [0.2, 0.25) is 0 Å². The summed E-state index contributed by atoms with van der Waals surface area (Å²) in [5.74, 6) is 0. The molecule has 1 aliphatic heterocycles. The zero-order valence-electron chi connectivity index (χ0n) is 14.2. The molecule has 1 saturated carbocycles. The Kier molecular flexibility index (Phi) is 6.06. The van der Waals surface area contributed by atoms with Crippen LogP contribution in [0.25, 0.3) is 0 Å². The number of hydrogen-bond donors (Lipinski definition) is 1. The summed E-state index contributed by atoms with van der Waals surface area (Å²) in [5, 5.41) is 13.4. The predicted octanol–water partition coefficient (Wildman–Crippen LogP) is 2.88. The molecule has 3 rings (SSSR count). The second-order valence-corrected chi connectivity index (χ2v) is 7.24. The minimum atomic E-state index is 0.586. The monoisotopic (exact) mass is 342 g/mol. The molecule has 0 aromatic heterocycles. The van der Waals surface area contributed by atoms with Crippen molar-refractivity contribution in [1.82, 2.24) is 15.1 Å². The number of nitriles is 1. The molecular formula is C19H26N4S. The molecule has 24 heavy (non-hydrogen) atoms. The van der Waals surface area contributed by atoms with Gasteiger partial charge in [-0.1, -0.05) is 31.4 Å². The molecule has 2 fully saturated rings. The van der Waals surface area contributed by atoms with E-state index < -0.39 is 0 Å². The lowest BCUT2D eigenvalue weighted by Gasteiger charge is -2.37. The van der Waals surface area contributed by atoms with Crippen molar-refractivity contribution in [2.24, 2.45) is 0 Å². The van der Waals surface area contributed by atoms with Crippen LogP contribution in [0, 0.1) is 11.3 Å². The Morgan fingerprint density at radius 2 is 1.75 bits per heavy atom. The van der Waals surface area contributed by atoms with Gasteiger partial charge in [0.25, 0.3) is 0 Å². The number of rotatable bonds is 3. The number of nitrogens with one attached hydrogen (secondary N) is 1. The van der Waals surface area contributed by atoms with E-state index in [4.69, 9.17) is 17.5 Å². The fraction of sp³-hybridized carbons (Fsp3) is 0.579. The van der Waals surface area contributed by atoms with Gasteiger partial charge in [0.05, 0.1) is 11.6 Å². The molecule has 128 valence electrons. The summed E-state index contributed by atoms with van der Waals surface area (Å²) in [7, 11) is 0. The third-order valence-corrected chi connectivity index (χ3v) is 5.46. The molecule has 0 spiro atoms. The predicted molar refractivity (Wildman–Crippen MR) is 101 cm³/mol. The largest absolute Gasteiger partial charge is 0.360 e. The van der Waals surface area contributed by atoms with Crippen LogP contribution in [0.1, 0.15) is 43.2 Å². The highest BCUT2D eigenvalue weighted by Gasteiger charge is 2.21. The Labute approximate surface area is 150 Å². The van der Waals surface area contributed by atoms with E-state index in [1.165, 1.54) is 37.7 Å². The lowest BCUT2D eigenvalue weighted by Crippen LogP contribution is -2.53. The van der Waals surface area contributed by atoms with Crippen molar-refractivity contribution in [3.8, 4) is 6.07 Å². The minimum absolute atomic E-state index is 0.586. The Hall–Kier alpha value is -1.64. The van der Waals surface area contributed by atoms with Crippen LogP contribution >= 0.6 is 12.2 Å². The maximum absolute atomic E-state index is 8.86. The van der Waals surface area contributed by atoms with Gasteiger partial charge in [-0.25, -0.2) is 0 Å². The number of thiocarbonyl (C=S) groups is 1. The van der Waals surface area contributed by atoms with E-state index in [-0.39, 0.29) is 0 Å². The first-order valence-electron chi connectivity index (χ1n) is 9.01. The molecule has 1 N–H and O–H groups in total. The lowest BCUT2D eigenvalue weighted by atomic mass is 9.96. The van der Waals surface area contributed by atoms with Gasteiger partial charge in [-0.05, 0) is 42.8 Å². The van der Waals surface area contributed by atoms with E-state index in [9.17, 15) is 0 Å². The van der Waals surface area contributed by atoms with E-state index >= 15 is 0 Å². The highest BCUT2D eigenvalue weighted by atomic mass is 32.1. The molecule has 1 aromatic carbocycles. The van der Waals surface area contributed by atoms with Crippen molar-refractivity contribution in [3.05, 3.63) is 35.4 Å². The summed E-state index contributed by atoms with van der Waals surface area (Å²) in [6, 6.07) is 10.7. The summed E-state index contributed by atoms with van der Waals surface area (Å²) in [6.45, 7) is 5.00. The molecule has 1 saturated heterocycles. The van der Waals surface area contributed by atoms with Crippen LogP contribution in [-0.2, 0) is 6.54 Å². The van der Waals surface area contributed by atoms with E-state index in [1.807, 2.05) is 12.1 Å². The maximum Gasteiger partial charge on any atom is 0.169 e. The Morgan fingerprint density at radius 3 is 2.38 bits per heavy atom. The molecule has 1 heterocycles. The Balaban J connectivity index is 1.43. The zero-order chi connectivity index (χ0) is 16.8. The standard InChI is InChI=1S/C19H26N4S/c20-14-16-6-8-17(9-7-16)15-22-10-12-23(13-11-22)19(24)21-18-4-2-1-3-5-18/h6-9,18H,1-5,10-13,15H2,(H,21,24). The number of nitrogens with zero attached hydrogens (tertiary/aromatic N) is 3.